The lowest BCUT2D eigenvalue weighted by Gasteiger charge is -2.30. The molecule has 0 saturated heterocycles. The Bertz CT molecular complexity index is 1040. The molecule has 0 aliphatic heterocycles. The SMILES string of the molecule is CN(C)c1ccc(C(F)(F)F)cc1P(c1ccccc1)c1cc(C(F)(F)F)ccc1N(C)C. The fraction of sp³-hybridized carbons (Fsp3) is 0.250. The van der Waals surface area contributed by atoms with Crippen LogP contribution in [0.2, 0.25) is 0 Å². The van der Waals surface area contributed by atoms with Gasteiger partial charge in [-0.1, -0.05) is 30.3 Å². The van der Waals surface area contributed by atoms with Crippen LogP contribution in [-0.2, 0) is 12.4 Å². The molecule has 3 aromatic carbocycles. The lowest BCUT2D eigenvalue weighted by Crippen LogP contribution is -2.30. The summed E-state index contributed by atoms with van der Waals surface area (Å²) in [5.41, 5.74) is -0.657. The summed E-state index contributed by atoms with van der Waals surface area (Å²) < 4.78 is 81.8. The molecule has 176 valence electrons. The zero-order chi connectivity index (χ0) is 24.6. The monoisotopic (exact) mass is 484 g/mol. The first-order valence-corrected chi connectivity index (χ1v) is 11.3. The smallest absolute Gasteiger partial charge is 0.377 e. The molecular formula is C24H23F6N2P. The van der Waals surface area contributed by atoms with Gasteiger partial charge in [-0.3, -0.25) is 0 Å². The largest absolute Gasteiger partial charge is 0.416 e. The molecule has 0 N–H and O–H groups in total. The lowest BCUT2D eigenvalue weighted by molar-refractivity contribution is -0.138. The second-order valence-corrected chi connectivity index (χ2v) is 10.0. The van der Waals surface area contributed by atoms with Crippen molar-refractivity contribution in [1.29, 1.82) is 0 Å². The van der Waals surface area contributed by atoms with Crippen molar-refractivity contribution in [3.8, 4) is 0 Å². The van der Waals surface area contributed by atoms with Gasteiger partial charge < -0.3 is 9.80 Å². The van der Waals surface area contributed by atoms with Crippen molar-refractivity contribution in [2.24, 2.45) is 0 Å². The van der Waals surface area contributed by atoms with E-state index in [1.807, 2.05) is 0 Å². The quantitative estimate of drug-likeness (QED) is 0.343. The van der Waals surface area contributed by atoms with Gasteiger partial charge in [-0.2, -0.15) is 26.3 Å². The van der Waals surface area contributed by atoms with Crippen LogP contribution in [0.3, 0.4) is 0 Å². The van der Waals surface area contributed by atoms with Gasteiger partial charge in [0, 0.05) is 50.2 Å². The maximum Gasteiger partial charge on any atom is 0.416 e. The molecule has 3 aromatic rings. The van der Waals surface area contributed by atoms with Crippen molar-refractivity contribution in [1.82, 2.24) is 0 Å². The van der Waals surface area contributed by atoms with Gasteiger partial charge in [0.25, 0.3) is 0 Å². The maximum absolute atomic E-state index is 13.6. The van der Waals surface area contributed by atoms with Crippen LogP contribution in [0.1, 0.15) is 11.1 Å². The molecule has 0 atom stereocenters. The van der Waals surface area contributed by atoms with E-state index in [-0.39, 0.29) is 0 Å². The van der Waals surface area contributed by atoms with Crippen LogP contribution in [-0.4, -0.2) is 28.2 Å². The van der Waals surface area contributed by atoms with Crippen molar-refractivity contribution in [3.05, 3.63) is 77.9 Å². The minimum Gasteiger partial charge on any atom is -0.377 e. The molecule has 9 heteroatoms. The summed E-state index contributed by atoms with van der Waals surface area (Å²) in [5, 5.41) is 1.31. The first-order valence-electron chi connectivity index (χ1n) is 9.93. The number of hydrogen-bond donors (Lipinski definition) is 0. The minimum absolute atomic E-state index is 0.332. The van der Waals surface area contributed by atoms with Gasteiger partial charge >= 0.3 is 12.4 Å². The highest BCUT2D eigenvalue weighted by molar-refractivity contribution is 7.80. The second-order valence-electron chi connectivity index (χ2n) is 7.86. The highest BCUT2D eigenvalue weighted by atomic mass is 31.1. The molecule has 0 fully saturated rings. The normalized spacial score (nSPS) is 12.2. The number of hydrogen-bond acceptors (Lipinski definition) is 2. The van der Waals surface area contributed by atoms with Crippen LogP contribution in [0.15, 0.2) is 66.7 Å². The summed E-state index contributed by atoms with van der Waals surface area (Å²) in [4.78, 5) is 3.35. The summed E-state index contributed by atoms with van der Waals surface area (Å²) in [6.07, 6.45) is -9.18. The number of halogens is 6. The number of benzene rings is 3. The average Bonchev–Trinajstić information content (AvgIpc) is 2.73. The Labute approximate surface area is 190 Å². The predicted octanol–water partition coefficient (Wildman–Crippen LogP) is 5.61. The first kappa shape index (κ1) is 24.9. The van der Waals surface area contributed by atoms with E-state index >= 15 is 0 Å². The van der Waals surface area contributed by atoms with Crippen molar-refractivity contribution in [3.63, 3.8) is 0 Å². The fourth-order valence-electron chi connectivity index (χ4n) is 3.50. The Kier molecular flexibility index (Phi) is 6.99. The van der Waals surface area contributed by atoms with Crippen LogP contribution in [0.4, 0.5) is 37.7 Å². The Morgan fingerprint density at radius 3 is 1.30 bits per heavy atom. The summed E-state index contributed by atoms with van der Waals surface area (Å²) in [6.45, 7) is 0. The van der Waals surface area contributed by atoms with E-state index in [4.69, 9.17) is 0 Å². The van der Waals surface area contributed by atoms with E-state index in [0.29, 0.717) is 27.3 Å². The van der Waals surface area contributed by atoms with E-state index in [2.05, 4.69) is 0 Å². The van der Waals surface area contributed by atoms with Gasteiger partial charge in [-0.15, -0.1) is 0 Å². The van der Waals surface area contributed by atoms with Gasteiger partial charge in [0.1, 0.15) is 0 Å². The fourth-order valence-corrected chi connectivity index (χ4v) is 6.33. The van der Waals surface area contributed by atoms with E-state index in [1.54, 1.807) is 68.3 Å². The Morgan fingerprint density at radius 1 is 0.576 bits per heavy atom. The molecule has 2 nitrogen and oxygen atoms in total. The molecule has 0 aromatic heterocycles. The minimum atomic E-state index is -4.59. The van der Waals surface area contributed by atoms with Crippen molar-refractivity contribution in [2.75, 3.05) is 38.0 Å². The molecule has 0 heterocycles. The number of nitrogens with zero attached hydrogens (tertiary/aromatic N) is 2. The molecule has 0 amide bonds. The third kappa shape index (κ3) is 5.44. The average molecular weight is 484 g/mol. The van der Waals surface area contributed by atoms with Gasteiger partial charge in [-0.05, 0) is 49.6 Å². The van der Waals surface area contributed by atoms with E-state index in [9.17, 15) is 26.3 Å². The van der Waals surface area contributed by atoms with Gasteiger partial charge in [-0.25, -0.2) is 0 Å². The Balaban J connectivity index is 2.42. The van der Waals surface area contributed by atoms with Crippen molar-refractivity contribution >= 4 is 35.2 Å². The number of anilines is 2. The van der Waals surface area contributed by atoms with Gasteiger partial charge in [0.2, 0.25) is 0 Å². The van der Waals surface area contributed by atoms with E-state index in [1.165, 1.54) is 12.1 Å². The van der Waals surface area contributed by atoms with Crippen molar-refractivity contribution in [2.45, 2.75) is 12.4 Å². The predicted molar refractivity (Wildman–Crippen MR) is 124 cm³/mol. The molecule has 0 radical (unpaired) electrons. The molecule has 0 saturated carbocycles. The first-order chi connectivity index (χ1) is 15.3. The topological polar surface area (TPSA) is 6.48 Å². The number of rotatable bonds is 5. The van der Waals surface area contributed by atoms with Gasteiger partial charge in [0.15, 0.2) is 0 Å². The maximum atomic E-state index is 13.6. The molecule has 33 heavy (non-hydrogen) atoms. The zero-order valence-corrected chi connectivity index (χ0v) is 19.4. The summed E-state index contributed by atoms with van der Waals surface area (Å²) >= 11 is 0. The van der Waals surface area contributed by atoms with Crippen LogP contribution in [0.25, 0.3) is 0 Å². The highest BCUT2D eigenvalue weighted by Crippen LogP contribution is 2.43. The number of alkyl halides is 6. The molecule has 0 aliphatic carbocycles. The summed E-state index contributed by atoms with van der Waals surface area (Å²) in [5.74, 6) is 0. The summed E-state index contributed by atoms with van der Waals surface area (Å²) in [6, 6.07) is 15.6. The molecule has 0 bridgehead atoms. The third-order valence-electron chi connectivity index (χ3n) is 5.07. The molecule has 3 rings (SSSR count). The molecule has 0 unspecified atom stereocenters. The van der Waals surface area contributed by atoms with Crippen molar-refractivity contribution < 1.29 is 26.3 Å². The second kappa shape index (κ2) is 9.26. The highest BCUT2D eigenvalue weighted by Gasteiger charge is 2.35. The third-order valence-corrected chi connectivity index (χ3v) is 7.56. The van der Waals surface area contributed by atoms with E-state index in [0.717, 1.165) is 24.3 Å². The lowest BCUT2D eigenvalue weighted by atomic mass is 10.2. The van der Waals surface area contributed by atoms with Crippen LogP contribution >= 0.6 is 7.92 Å². The zero-order valence-electron chi connectivity index (χ0n) is 18.5. The standard InChI is InChI=1S/C24H23F6N2P/c1-31(2)19-12-10-16(23(25,26)27)14-21(19)33(18-8-6-5-7-9-18)22-15-17(24(28,29)30)11-13-20(22)32(3)4/h5-15H,1-4H3. The van der Waals surface area contributed by atoms with E-state index < -0.39 is 31.4 Å². The molecule has 0 aliphatic rings. The summed E-state index contributed by atoms with van der Waals surface area (Å²) in [7, 11) is 5.03. The van der Waals surface area contributed by atoms with Crippen LogP contribution in [0, 0.1) is 0 Å². The Hall–Kier alpha value is -2.73. The van der Waals surface area contributed by atoms with Gasteiger partial charge in [0.05, 0.1) is 11.1 Å². The van der Waals surface area contributed by atoms with Crippen LogP contribution in [0.5, 0.6) is 0 Å². The molecule has 0 spiro atoms. The van der Waals surface area contributed by atoms with Crippen LogP contribution < -0.4 is 25.7 Å². The molecular weight excluding hydrogens is 461 g/mol. The Morgan fingerprint density at radius 2 is 0.970 bits per heavy atom.